The van der Waals surface area contributed by atoms with Gasteiger partial charge in [-0.2, -0.15) is 26.3 Å². The highest BCUT2D eigenvalue weighted by Gasteiger charge is 2.37. The van der Waals surface area contributed by atoms with E-state index >= 15 is 0 Å². The smallest absolute Gasteiger partial charge is 0.370 e. The standard InChI is InChI=1S/C17H13F6N5O3/c18-16(19,20)11-5-10(6-12(7-11)17(21,22)23)15-24-9-27(26-15)2-1-13(29)25-28-3-4-31-8-14(28)30/h1-2,5-7,9H,3-4,8H2,(H,25,29)/b2-1-. The van der Waals surface area contributed by atoms with Crippen LogP contribution >= 0.6 is 0 Å². The summed E-state index contributed by atoms with van der Waals surface area (Å²) in [6, 6.07) is 0.989. The number of carbonyl (C=O) groups excluding carboxylic acids is 2. The Morgan fingerprint density at radius 2 is 1.74 bits per heavy atom. The van der Waals surface area contributed by atoms with Crippen LogP contribution in [0.25, 0.3) is 17.6 Å². The predicted molar refractivity (Wildman–Crippen MR) is 91.5 cm³/mol. The van der Waals surface area contributed by atoms with Crippen molar-refractivity contribution in [2.24, 2.45) is 0 Å². The zero-order valence-electron chi connectivity index (χ0n) is 15.4. The van der Waals surface area contributed by atoms with E-state index in [1.54, 1.807) is 0 Å². The zero-order valence-corrected chi connectivity index (χ0v) is 15.4. The number of halogens is 6. The number of hydrogen-bond donors (Lipinski definition) is 1. The van der Waals surface area contributed by atoms with E-state index in [4.69, 9.17) is 4.74 Å². The fraction of sp³-hybridized carbons (Fsp3) is 0.294. The first-order valence-electron chi connectivity index (χ1n) is 8.51. The van der Waals surface area contributed by atoms with Gasteiger partial charge in [0.2, 0.25) is 0 Å². The lowest BCUT2D eigenvalue weighted by atomic mass is 10.0. The number of benzene rings is 1. The summed E-state index contributed by atoms with van der Waals surface area (Å²) < 4.78 is 83.7. The maximum atomic E-state index is 13.0. The highest BCUT2D eigenvalue weighted by molar-refractivity contribution is 5.92. The van der Waals surface area contributed by atoms with Crippen molar-refractivity contribution in [3.05, 3.63) is 41.7 Å². The van der Waals surface area contributed by atoms with E-state index in [-0.39, 0.29) is 25.8 Å². The van der Waals surface area contributed by atoms with Crippen molar-refractivity contribution in [3.8, 4) is 11.4 Å². The summed E-state index contributed by atoms with van der Waals surface area (Å²) in [6.45, 7) is 0.190. The molecule has 1 aromatic carbocycles. The monoisotopic (exact) mass is 449 g/mol. The van der Waals surface area contributed by atoms with Gasteiger partial charge in [-0.15, -0.1) is 5.10 Å². The Labute approximate surface area is 170 Å². The summed E-state index contributed by atoms with van der Waals surface area (Å²) in [5, 5.41) is 4.81. The van der Waals surface area contributed by atoms with Crippen molar-refractivity contribution in [1.82, 2.24) is 25.2 Å². The van der Waals surface area contributed by atoms with Crippen LogP contribution in [0.1, 0.15) is 11.1 Å². The summed E-state index contributed by atoms with van der Waals surface area (Å²) in [4.78, 5) is 27.1. The van der Waals surface area contributed by atoms with Gasteiger partial charge in [-0.3, -0.25) is 15.0 Å². The molecule has 0 atom stereocenters. The van der Waals surface area contributed by atoms with Gasteiger partial charge in [0, 0.05) is 17.8 Å². The Kier molecular flexibility index (Phi) is 6.01. The van der Waals surface area contributed by atoms with Crippen molar-refractivity contribution >= 4 is 18.0 Å². The second-order valence-electron chi connectivity index (χ2n) is 6.23. The number of morpholine rings is 1. The zero-order chi connectivity index (χ0) is 22.8. The van der Waals surface area contributed by atoms with Crippen LogP contribution in [-0.2, 0) is 26.7 Å². The van der Waals surface area contributed by atoms with Crippen molar-refractivity contribution < 1.29 is 40.7 Å². The number of ether oxygens (including phenoxy) is 1. The molecule has 1 aromatic heterocycles. The number of nitrogens with zero attached hydrogens (tertiary/aromatic N) is 4. The first-order valence-corrected chi connectivity index (χ1v) is 8.51. The van der Waals surface area contributed by atoms with E-state index in [9.17, 15) is 35.9 Å². The minimum Gasteiger partial charge on any atom is -0.370 e. The van der Waals surface area contributed by atoms with Gasteiger partial charge in [-0.25, -0.2) is 14.7 Å². The Balaban J connectivity index is 1.79. The second-order valence-corrected chi connectivity index (χ2v) is 6.23. The van der Waals surface area contributed by atoms with Crippen LogP contribution in [0.2, 0.25) is 0 Å². The molecule has 0 saturated carbocycles. The highest BCUT2D eigenvalue weighted by Crippen LogP contribution is 2.38. The number of aromatic nitrogens is 3. The molecule has 14 heteroatoms. The van der Waals surface area contributed by atoms with Crippen LogP contribution in [0.15, 0.2) is 30.6 Å². The second kappa shape index (κ2) is 8.37. The van der Waals surface area contributed by atoms with E-state index < -0.39 is 46.7 Å². The molecule has 8 nitrogen and oxygen atoms in total. The quantitative estimate of drug-likeness (QED) is 0.572. The van der Waals surface area contributed by atoms with Gasteiger partial charge in [0.05, 0.1) is 24.3 Å². The van der Waals surface area contributed by atoms with Crippen molar-refractivity contribution in [1.29, 1.82) is 0 Å². The molecule has 0 radical (unpaired) electrons. The molecular formula is C17H13F6N5O3. The van der Waals surface area contributed by atoms with Crippen LogP contribution in [0.5, 0.6) is 0 Å². The number of nitrogens with one attached hydrogen (secondary N) is 1. The molecule has 2 amide bonds. The average Bonchev–Trinajstić information content (AvgIpc) is 3.16. The van der Waals surface area contributed by atoms with Crippen molar-refractivity contribution in [2.45, 2.75) is 12.4 Å². The SMILES string of the molecule is O=C(/C=C\n1cnc(-c2cc(C(F)(F)F)cc(C(F)(F)F)c2)n1)NN1CCOCC1=O. The Morgan fingerprint density at radius 1 is 1.10 bits per heavy atom. The first kappa shape index (κ1) is 22.3. The molecule has 1 aliphatic heterocycles. The lowest BCUT2D eigenvalue weighted by Gasteiger charge is -2.26. The first-order chi connectivity index (χ1) is 14.4. The maximum absolute atomic E-state index is 13.0. The molecule has 166 valence electrons. The van der Waals surface area contributed by atoms with E-state index in [0.29, 0.717) is 12.1 Å². The number of rotatable bonds is 4. The molecule has 2 heterocycles. The number of alkyl halides is 6. The fourth-order valence-corrected chi connectivity index (χ4v) is 2.51. The van der Waals surface area contributed by atoms with Gasteiger partial charge in [0.15, 0.2) is 5.82 Å². The Bertz CT molecular complexity index is 982. The molecule has 0 spiro atoms. The summed E-state index contributed by atoms with van der Waals surface area (Å²) in [6.07, 6.45) is -7.00. The fourth-order valence-electron chi connectivity index (χ4n) is 2.51. The number of hydrogen-bond acceptors (Lipinski definition) is 5. The van der Waals surface area contributed by atoms with Crippen LogP contribution in [-0.4, -0.2) is 51.3 Å². The summed E-state index contributed by atoms with van der Waals surface area (Å²) in [7, 11) is 0. The van der Waals surface area contributed by atoms with Crippen LogP contribution in [0.4, 0.5) is 26.3 Å². The third-order valence-electron chi connectivity index (χ3n) is 3.96. The Hall–Kier alpha value is -3.42. The maximum Gasteiger partial charge on any atom is 0.416 e. The summed E-state index contributed by atoms with van der Waals surface area (Å²) in [5.74, 6) is -1.59. The number of hydrazine groups is 1. The van der Waals surface area contributed by atoms with E-state index in [0.717, 1.165) is 28.3 Å². The van der Waals surface area contributed by atoms with Gasteiger partial charge < -0.3 is 4.74 Å². The predicted octanol–water partition coefficient (Wildman–Crippen LogP) is 2.34. The van der Waals surface area contributed by atoms with Gasteiger partial charge in [-0.05, 0) is 18.2 Å². The molecule has 1 N–H and O–H groups in total. The van der Waals surface area contributed by atoms with E-state index in [2.05, 4.69) is 15.5 Å². The molecule has 1 saturated heterocycles. The lowest BCUT2D eigenvalue weighted by Crippen LogP contribution is -2.51. The molecule has 0 aliphatic carbocycles. The molecule has 2 aromatic rings. The van der Waals surface area contributed by atoms with E-state index in [1.165, 1.54) is 0 Å². The minimum atomic E-state index is -5.01. The molecule has 0 unspecified atom stereocenters. The number of carbonyl (C=O) groups is 2. The molecule has 1 fully saturated rings. The van der Waals surface area contributed by atoms with Crippen LogP contribution in [0.3, 0.4) is 0 Å². The van der Waals surface area contributed by atoms with Crippen molar-refractivity contribution in [2.75, 3.05) is 19.8 Å². The van der Waals surface area contributed by atoms with Crippen LogP contribution < -0.4 is 5.43 Å². The molecule has 3 rings (SSSR count). The van der Waals surface area contributed by atoms with Gasteiger partial charge >= 0.3 is 12.4 Å². The summed E-state index contributed by atoms with van der Waals surface area (Å²) >= 11 is 0. The molecule has 1 aliphatic rings. The van der Waals surface area contributed by atoms with Gasteiger partial charge in [0.25, 0.3) is 11.8 Å². The third-order valence-corrected chi connectivity index (χ3v) is 3.96. The van der Waals surface area contributed by atoms with Gasteiger partial charge in [-0.1, -0.05) is 0 Å². The van der Waals surface area contributed by atoms with Crippen molar-refractivity contribution in [3.63, 3.8) is 0 Å². The minimum absolute atomic E-state index is 0.00232. The van der Waals surface area contributed by atoms with E-state index in [1.807, 2.05) is 0 Å². The van der Waals surface area contributed by atoms with Gasteiger partial charge in [0.1, 0.15) is 12.9 Å². The van der Waals surface area contributed by atoms with Crippen LogP contribution in [0, 0.1) is 0 Å². The molecule has 0 bridgehead atoms. The number of amides is 2. The average molecular weight is 449 g/mol. The molecular weight excluding hydrogens is 436 g/mol. The highest BCUT2D eigenvalue weighted by atomic mass is 19.4. The summed E-state index contributed by atoms with van der Waals surface area (Å²) in [5.41, 5.74) is -1.21. The topological polar surface area (TPSA) is 89.3 Å². The third kappa shape index (κ3) is 5.59. The lowest BCUT2D eigenvalue weighted by molar-refractivity contribution is -0.150. The molecule has 31 heavy (non-hydrogen) atoms. The normalized spacial score (nSPS) is 15.5. The Morgan fingerprint density at radius 3 is 2.32 bits per heavy atom. The largest absolute Gasteiger partial charge is 0.416 e.